The van der Waals surface area contributed by atoms with Gasteiger partial charge in [-0.05, 0) is 25.5 Å². The minimum Gasteiger partial charge on any atom is -0.349 e. The molecule has 18 heavy (non-hydrogen) atoms. The molecule has 5 heteroatoms. The van der Waals surface area contributed by atoms with E-state index in [9.17, 15) is 4.79 Å². The lowest BCUT2D eigenvalue weighted by Crippen LogP contribution is -2.32. The van der Waals surface area contributed by atoms with Gasteiger partial charge in [0.15, 0.2) is 0 Å². The molecule has 2 aromatic rings. The topological polar surface area (TPSA) is 51.9 Å². The summed E-state index contributed by atoms with van der Waals surface area (Å²) in [7, 11) is 1.83. The van der Waals surface area contributed by atoms with E-state index in [-0.39, 0.29) is 11.9 Å². The van der Waals surface area contributed by atoms with Gasteiger partial charge in [0.2, 0.25) is 0 Å². The molecule has 1 N–H and O–H groups in total. The summed E-state index contributed by atoms with van der Waals surface area (Å²) in [6.07, 6.45) is 6.31. The highest BCUT2D eigenvalue weighted by Crippen LogP contribution is 2.14. The Hall–Kier alpha value is -2.04. The van der Waals surface area contributed by atoms with Crippen LogP contribution in [0.3, 0.4) is 0 Å². The number of aryl methyl sites for hydroxylation is 1. The van der Waals surface area contributed by atoms with Crippen LogP contribution in [0, 0.1) is 0 Å². The summed E-state index contributed by atoms with van der Waals surface area (Å²) in [4.78, 5) is 12.2. The Morgan fingerprint density at radius 2 is 2.11 bits per heavy atom. The van der Waals surface area contributed by atoms with Crippen molar-refractivity contribution in [1.82, 2.24) is 19.7 Å². The molecule has 2 rings (SSSR count). The Bertz CT molecular complexity index is 527. The van der Waals surface area contributed by atoms with Crippen molar-refractivity contribution in [3.05, 3.63) is 36.3 Å². The second-order valence-electron chi connectivity index (χ2n) is 4.38. The summed E-state index contributed by atoms with van der Waals surface area (Å²) in [6.45, 7) is 4.03. The average Bonchev–Trinajstić information content (AvgIpc) is 2.97. The van der Waals surface area contributed by atoms with Crippen LogP contribution < -0.4 is 5.32 Å². The second kappa shape index (κ2) is 5.08. The molecule has 0 saturated carbocycles. The van der Waals surface area contributed by atoms with Gasteiger partial charge in [0.1, 0.15) is 11.4 Å². The molecule has 0 aliphatic carbocycles. The summed E-state index contributed by atoms with van der Waals surface area (Å²) in [6, 6.07) is 4.00. The monoisotopic (exact) mass is 246 g/mol. The molecule has 0 spiro atoms. The lowest BCUT2D eigenvalue weighted by molar-refractivity contribution is 0.0939. The predicted molar refractivity (Wildman–Crippen MR) is 69.8 cm³/mol. The predicted octanol–water partition coefficient (Wildman–Crippen LogP) is 1.74. The van der Waals surface area contributed by atoms with E-state index in [1.165, 1.54) is 0 Å². The van der Waals surface area contributed by atoms with Crippen molar-refractivity contribution in [3.63, 3.8) is 0 Å². The van der Waals surface area contributed by atoms with E-state index >= 15 is 0 Å². The Kier molecular flexibility index (Phi) is 3.50. The zero-order chi connectivity index (χ0) is 13.1. The molecular formula is C13H18N4O. The fourth-order valence-corrected chi connectivity index (χ4v) is 1.78. The molecule has 2 heterocycles. The minimum absolute atomic E-state index is 0.0823. The summed E-state index contributed by atoms with van der Waals surface area (Å²) in [5.41, 5.74) is 0.592. The van der Waals surface area contributed by atoms with E-state index in [1.807, 2.05) is 50.0 Å². The van der Waals surface area contributed by atoms with Crippen molar-refractivity contribution in [2.75, 3.05) is 0 Å². The Morgan fingerprint density at radius 3 is 2.72 bits per heavy atom. The van der Waals surface area contributed by atoms with Gasteiger partial charge in [0, 0.05) is 25.5 Å². The highest BCUT2D eigenvalue weighted by molar-refractivity contribution is 5.97. The van der Waals surface area contributed by atoms with Crippen molar-refractivity contribution in [2.24, 2.45) is 7.05 Å². The van der Waals surface area contributed by atoms with Crippen LogP contribution in [0.2, 0.25) is 0 Å². The molecule has 5 nitrogen and oxygen atoms in total. The normalized spacial score (nSPS) is 12.4. The Labute approximate surface area is 106 Å². The molecule has 0 unspecified atom stereocenters. The third-order valence-corrected chi connectivity index (χ3v) is 2.99. The first-order valence-corrected chi connectivity index (χ1v) is 6.09. The number of carbonyl (C=O) groups is 1. The largest absolute Gasteiger partial charge is 0.349 e. The highest BCUT2D eigenvalue weighted by atomic mass is 16.1. The van der Waals surface area contributed by atoms with E-state index in [0.29, 0.717) is 5.56 Å². The summed E-state index contributed by atoms with van der Waals surface area (Å²) >= 11 is 0. The molecule has 1 atom stereocenters. The molecule has 1 amide bonds. The maximum absolute atomic E-state index is 12.2. The van der Waals surface area contributed by atoms with Crippen molar-refractivity contribution >= 4 is 5.91 Å². The summed E-state index contributed by atoms with van der Waals surface area (Å²) in [5.74, 6) is 0.696. The van der Waals surface area contributed by atoms with Crippen LogP contribution >= 0.6 is 0 Å². The van der Waals surface area contributed by atoms with Gasteiger partial charge in [-0.3, -0.25) is 9.48 Å². The fourth-order valence-electron chi connectivity index (χ4n) is 1.78. The molecular weight excluding hydrogens is 228 g/mol. The van der Waals surface area contributed by atoms with Crippen LogP contribution in [0.25, 0.3) is 5.82 Å². The van der Waals surface area contributed by atoms with Crippen molar-refractivity contribution in [1.29, 1.82) is 0 Å². The van der Waals surface area contributed by atoms with Crippen molar-refractivity contribution in [2.45, 2.75) is 26.3 Å². The Balaban J connectivity index is 2.32. The zero-order valence-corrected chi connectivity index (χ0v) is 10.9. The zero-order valence-electron chi connectivity index (χ0n) is 10.9. The molecule has 0 fully saturated rings. The number of rotatable bonds is 4. The standard InChI is InChI=1S/C13H18N4O/c1-4-10(2)15-12(18)11-9-14-16(3)13(11)17-7-5-6-8-17/h5-10H,4H2,1-3H3,(H,15,18)/t10-/m0/s1. The van der Waals surface area contributed by atoms with E-state index in [1.54, 1.807) is 10.9 Å². The number of hydrogen-bond acceptors (Lipinski definition) is 2. The highest BCUT2D eigenvalue weighted by Gasteiger charge is 2.18. The van der Waals surface area contributed by atoms with E-state index in [2.05, 4.69) is 10.4 Å². The smallest absolute Gasteiger partial charge is 0.256 e. The number of hydrogen-bond donors (Lipinski definition) is 1. The lowest BCUT2D eigenvalue weighted by Gasteiger charge is -2.12. The van der Waals surface area contributed by atoms with E-state index in [4.69, 9.17) is 0 Å². The molecule has 0 radical (unpaired) electrons. The first-order chi connectivity index (χ1) is 8.63. The number of nitrogens with zero attached hydrogens (tertiary/aromatic N) is 3. The van der Waals surface area contributed by atoms with Gasteiger partial charge in [-0.1, -0.05) is 6.92 Å². The van der Waals surface area contributed by atoms with Crippen molar-refractivity contribution in [3.8, 4) is 5.82 Å². The molecule has 2 aromatic heterocycles. The van der Waals surface area contributed by atoms with E-state index < -0.39 is 0 Å². The summed E-state index contributed by atoms with van der Waals surface area (Å²) < 4.78 is 3.59. The van der Waals surface area contributed by atoms with Gasteiger partial charge in [-0.15, -0.1) is 0 Å². The number of amides is 1. The quantitative estimate of drug-likeness (QED) is 0.893. The number of aromatic nitrogens is 3. The molecule has 96 valence electrons. The molecule has 0 aromatic carbocycles. The fraction of sp³-hybridized carbons (Fsp3) is 0.385. The average molecular weight is 246 g/mol. The van der Waals surface area contributed by atoms with Gasteiger partial charge < -0.3 is 9.88 Å². The van der Waals surface area contributed by atoms with Crippen LogP contribution in [0.5, 0.6) is 0 Å². The van der Waals surface area contributed by atoms with Gasteiger partial charge in [-0.25, -0.2) is 0 Å². The van der Waals surface area contributed by atoms with Gasteiger partial charge >= 0.3 is 0 Å². The van der Waals surface area contributed by atoms with Crippen LogP contribution in [0.1, 0.15) is 30.6 Å². The SMILES string of the molecule is CC[C@H](C)NC(=O)c1cnn(C)c1-n1cccc1. The van der Waals surface area contributed by atoms with Crippen LogP contribution in [-0.4, -0.2) is 26.3 Å². The van der Waals surface area contributed by atoms with Gasteiger partial charge in [-0.2, -0.15) is 5.10 Å². The molecule has 0 aliphatic rings. The second-order valence-corrected chi connectivity index (χ2v) is 4.38. The summed E-state index contributed by atoms with van der Waals surface area (Å²) in [5, 5.41) is 7.12. The third kappa shape index (κ3) is 2.30. The van der Waals surface area contributed by atoms with Gasteiger partial charge in [0.05, 0.1) is 6.20 Å². The lowest BCUT2D eigenvalue weighted by atomic mass is 10.2. The van der Waals surface area contributed by atoms with Crippen LogP contribution in [0.4, 0.5) is 0 Å². The van der Waals surface area contributed by atoms with Crippen molar-refractivity contribution < 1.29 is 4.79 Å². The Morgan fingerprint density at radius 1 is 1.44 bits per heavy atom. The first-order valence-electron chi connectivity index (χ1n) is 6.09. The first kappa shape index (κ1) is 12.4. The van der Waals surface area contributed by atoms with Crippen LogP contribution in [-0.2, 0) is 7.05 Å². The minimum atomic E-state index is -0.0823. The maximum atomic E-state index is 12.2. The molecule has 0 bridgehead atoms. The van der Waals surface area contributed by atoms with Crippen LogP contribution in [0.15, 0.2) is 30.7 Å². The van der Waals surface area contributed by atoms with E-state index in [0.717, 1.165) is 12.2 Å². The molecule has 0 aliphatic heterocycles. The molecule has 0 saturated heterocycles. The number of nitrogens with one attached hydrogen (secondary N) is 1. The third-order valence-electron chi connectivity index (χ3n) is 2.99. The maximum Gasteiger partial charge on any atom is 0.256 e. The van der Waals surface area contributed by atoms with Gasteiger partial charge in [0.25, 0.3) is 5.91 Å². The number of carbonyl (C=O) groups excluding carboxylic acids is 1.